The molecule has 0 atom stereocenters. The third-order valence-electron chi connectivity index (χ3n) is 5.23. The molecule has 0 saturated carbocycles. The number of halogens is 2. The number of hydrogen-bond acceptors (Lipinski definition) is 3. The summed E-state index contributed by atoms with van der Waals surface area (Å²) in [6, 6.07) is 17.7. The quantitative estimate of drug-likeness (QED) is 0.444. The molecule has 0 saturated heterocycles. The molecule has 0 aliphatic rings. The molecule has 3 aromatic rings. The Balaban J connectivity index is 1.89. The van der Waals surface area contributed by atoms with Gasteiger partial charge in [-0.15, -0.1) is 0 Å². The third kappa shape index (κ3) is 6.36. The van der Waals surface area contributed by atoms with E-state index in [9.17, 15) is 13.2 Å². The predicted octanol–water partition coefficient (Wildman–Crippen LogP) is 5.43. The molecule has 0 radical (unpaired) electrons. The number of sulfonamides is 1. The zero-order valence-electron chi connectivity index (χ0n) is 18.7. The summed E-state index contributed by atoms with van der Waals surface area (Å²) in [6.07, 6.45) is 0. The molecule has 1 N–H and O–H groups in total. The highest BCUT2D eigenvalue weighted by Crippen LogP contribution is 2.27. The number of aryl methyl sites for hydroxylation is 3. The SMILES string of the molecule is Cc1cc(C)c(S(=O)(=O)N(CC(=O)NCc2ccccc2Cl)Cc2ccc(Cl)cc2)c(C)c1. The summed E-state index contributed by atoms with van der Waals surface area (Å²) >= 11 is 12.1. The fourth-order valence-electron chi connectivity index (χ4n) is 3.77. The average Bonchev–Trinajstić information content (AvgIpc) is 2.73. The highest BCUT2D eigenvalue weighted by atomic mass is 35.5. The lowest BCUT2D eigenvalue weighted by Crippen LogP contribution is -2.40. The Labute approximate surface area is 205 Å². The smallest absolute Gasteiger partial charge is 0.244 e. The maximum absolute atomic E-state index is 13.7. The van der Waals surface area contributed by atoms with Crippen LogP contribution in [0.2, 0.25) is 10.0 Å². The summed E-state index contributed by atoms with van der Waals surface area (Å²) < 4.78 is 28.6. The van der Waals surface area contributed by atoms with E-state index in [0.29, 0.717) is 21.2 Å². The average molecular weight is 505 g/mol. The molecule has 0 aliphatic heterocycles. The van der Waals surface area contributed by atoms with Gasteiger partial charge in [0.05, 0.1) is 11.4 Å². The van der Waals surface area contributed by atoms with Crippen LogP contribution in [0.5, 0.6) is 0 Å². The molecule has 33 heavy (non-hydrogen) atoms. The Hall–Kier alpha value is -2.38. The lowest BCUT2D eigenvalue weighted by Gasteiger charge is -2.24. The topological polar surface area (TPSA) is 66.5 Å². The molecule has 1 amide bonds. The molecule has 174 valence electrons. The number of rotatable bonds is 8. The Morgan fingerprint density at radius 2 is 1.55 bits per heavy atom. The van der Waals surface area contributed by atoms with Crippen LogP contribution in [0.3, 0.4) is 0 Å². The van der Waals surface area contributed by atoms with Crippen molar-refractivity contribution < 1.29 is 13.2 Å². The second-order valence-electron chi connectivity index (χ2n) is 8.00. The van der Waals surface area contributed by atoms with Crippen molar-refractivity contribution in [2.24, 2.45) is 0 Å². The fraction of sp³-hybridized carbons (Fsp3) is 0.240. The van der Waals surface area contributed by atoms with Gasteiger partial charge >= 0.3 is 0 Å². The van der Waals surface area contributed by atoms with Crippen LogP contribution in [0.4, 0.5) is 0 Å². The summed E-state index contributed by atoms with van der Waals surface area (Å²) in [5.41, 5.74) is 3.75. The molecular weight excluding hydrogens is 479 g/mol. The van der Waals surface area contributed by atoms with Crippen LogP contribution < -0.4 is 5.32 Å². The van der Waals surface area contributed by atoms with E-state index in [1.807, 2.05) is 31.2 Å². The summed E-state index contributed by atoms with van der Waals surface area (Å²) in [5, 5.41) is 3.86. The second-order valence-corrected chi connectivity index (χ2v) is 10.7. The van der Waals surface area contributed by atoms with Gasteiger partial charge in [0.1, 0.15) is 0 Å². The molecule has 0 fully saturated rings. The molecule has 0 heterocycles. The largest absolute Gasteiger partial charge is 0.351 e. The number of amides is 1. The highest BCUT2D eigenvalue weighted by Gasteiger charge is 2.30. The van der Waals surface area contributed by atoms with Crippen LogP contribution >= 0.6 is 23.2 Å². The first-order valence-corrected chi connectivity index (χ1v) is 12.6. The molecule has 0 spiro atoms. The van der Waals surface area contributed by atoms with E-state index in [1.54, 1.807) is 50.2 Å². The van der Waals surface area contributed by atoms with Gasteiger partial charge in [-0.1, -0.05) is 71.2 Å². The van der Waals surface area contributed by atoms with Gasteiger partial charge in [-0.25, -0.2) is 8.42 Å². The second kappa shape index (κ2) is 10.7. The van der Waals surface area contributed by atoms with Crippen molar-refractivity contribution in [3.8, 4) is 0 Å². The van der Waals surface area contributed by atoms with Gasteiger partial charge in [0, 0.05) is 23.1 Å². The van der Waals surface area contributed by atoms with E-state index in [2.05, 4.69) is 5.32 Å². The molecule has 3 rings (SSSR count). The maximum Gasteiger partial charge on any atom is 0.244 e. The van der Waals surface area contributed by atoms with E-state index >= 15 is 0 Å². The van der Waals surface area contributed by atoms with Crippen molar-refractivity contribution in [1.29, 1.82) is 0 Å². The maximum atomic E-state index is 13.7. The fourth-order valence-corrected chi connectivity index (χ4v) is 5.90. The van der Waals surface area contributed by atoms with Crippen LogP contribution in [0.25, 0.3) is 0 Å². The van der Waals surface area contributed by atoms with Gasteiger partial charge in [0.15, 0.2) is 0 Å². The Kier molecular flexibility index (Phi) is 8.19. The van der Waals surface area contributed by atoms with E-state index in [0.717, 1.165) is 16.7 Å². The lowest BCUT2D eigenvalue weighted by molar-refractivity contribution is -0.121. The van der Waals surface area contributed by atoms with Crippen molar-refractivity contribution in [1.82, 2.24) is 9.62 Å². The van der Waals surface area contributed by atoms with Gasteiger partial charge in [0.2, 0.25) is 15.9 Å². The number of carbonyl (C=O) groups excluding carboxylic acids is 1. The standard InChI is InChI=1S/C25H26Cl2N2O3S/c1-17-12-18(2)25(19(3)13-17)33(31,32)29(15-20-8-10-22(26)11-9-20)16-24(30)28-14-21-6-4-5-7-23(21)27/h4-13H,14-16H2,1-3H3,(H,28,30). The zero-order chi connectivity index (χ0) is 24.2. The number of carbonyl (C=O) groups is 1. The van der Waals surface area contributed by atoms with Crippen molar-refractivity contribution >= 4 is 39.1 Å². The molecule has 8 heteroatoms. The van der Waals surface area contributed by atoms with Crippen LogP contribution in [0.15, 0.2) is 65.6 Å². The lowest BCUT2D eigenvalue weighted by atomic mass is 10.1. The molecule has 0 bridgehead atoms. The van der Waals surface area contributed by atoms with Crippen molar-refractivity contribution in [3.63, 3.8) is 0 Å². The minimum absolute atomic E-state index is 0.0335. The summed E-state index contributed by atoms with van der Waals surface area (Å²) in [6.45, 7) is 5.36. The van der Waals surface area contributed by atoms with Gasteiger partial charge in [0.25, 0.3) is 0 Å². The first-order valence-electron chi connectivity index (χ1n) is 10.4. The van der Waals surface area contributed by atoms with E-state index in [1.165, 1.54) is 4.31 Å². The Morgan fingerprint density at radius 3 is 2.15 bits per heavy atom. The first kappa shape index (κ1) is 25.2. The zero-order valence-corrected chi connectivity index (χ0v) is 21.1. The molecule has 0 aromatic heterocycles. The third-order valence-corrected chi connectivity index (χ3v) is 7.95. The van der Waals surface area contributed by atoms with Gasteiger partial charge in [-0.05, 0) is 61.2 Å². The van der Waals surface area contributed by atoms with E-state index in [4.69, 9.17) is 23.2 Å². The summed E-state index contributed by atoms with van der Waals surface area (Å²) in [4.78, 5) is 13.0. The normalized spacial score (nSPS) is 11.6. The van der Waals surface area contributed by atoms with Crippen LogP contribution in [-0.2, 0) is 27.9 Å². The van der Waals surface area contributed by atoms with Crippen LogP contribution in [0, 0.1) is 20.8 Å². The summed E-state index contributed by atoms with van der Waals surface area (Å²) in [5.74, 6) is -0.421. The van der Waals surface area contributed by atoms with Crippen molar-refractivity contribution in [3.05, 3.63) is 98.5 Å². The number of nitrogens with one attached hydrogen (secondary N) is 1. The Bertz CT molecular complexity index is 1240. The predicted molar refractivity (Wildman–Crippen MR) is 133 cm³/mol. The molecule has 3 aromatic carbocycles. The molecule has 5 nitrogen and oxygen atoms in total. The van der Waals surface area contributed by atoms with Gasteiger partial charge < -0.3 is 5.32 Å². The highest BCUT2D eigenvalue weighted by molar-refractivity contribution is 7.89. The van der Waals surface area contributed by atoms with Gasteiger partial charge in [-0.3, -0.25) is 4.79 Å². The Morgan fingerprint density at radius 1 is 0.939 bits per heavy atom. The number of nitrogens with zero attached hydrogens (tertiary/aromatic N) is 1. The van der Waals surface area contributed by atoms with E-state index < -0.39 is 15.9 Å². The van der Waals surface area contributed by atoms with Gasteiger partial charge in [-0.2, -0.15) is 4.31 Å². The molecular formula is C25H26Cl2N2O3S. The monoisotopic (exact) mass is 504 g/mol. The number of benzene rings is 3. The van der Waals surface area contributed by atoms with Crippen LogP contribution in [0.1, 0.15) is 27.8 Å². The number of hydrogen-bond donors (Lipinski definition) is 1. The van der Waals surface area contributed by atoms with E-state index in [-0.39, 0.29) is 24.5 Å². The van der Waals surface area contributed by atoms with Crippen molar-refractivity contribution in [2.75, 3.05) is 6.54 Å². The first-order chi connectivity index (χ1) is 15.6. The van der Waals surface area contributed by atoms with Crippen molar-refractivity contribution in [2.45, 2.75) is 38.8 Å². The minimum Gasteiger partial charge on any atom is -0.351 e. The van der Waals surface area contributed by atoms with Crippen LogP contribution in [-0.4, -0.2) is 25.2 Å². The summed E-state index contributed by atoms with van der Waals surface area (Å²) in [7, 11) is -3.96. The molecule has 0 unspecified atom stereocenters. The minimum atomic E-state index is -3.96. The molecule has 0 aliphatic carbocycles.